The predicted octanol–water partition coefficient (Wildman–Crippen LogP) is 0.825. The van der Waals surface area contributed by atoms with Gasteiger partial charge in [0.05, 0.1) is 18.8 Å². The fraction of sp³-hybridized carbons (Fsp3) is 0.333. The number of likely N-dealkylation sites (tertiary alicyclic amines) is 1. The van der Waals surface area contributed by atoms with Gasteiger partial charge in [0.2, 0.25) is 18.5 Å². The lowest BCUT2D eigenvalue weighted by Gasteiger charge is -2.28. The summed E-state index contributed by atoms with van der Waals surface area (Å²) in [5, 5.41) is 15.2. The first kappa shape index (κ1) is 18.6. The molecule has 0 bridgehead atoms. The number of piperidine rings is 1. The van der Waals surface area contributed by atoms with Crippen molar-refractivity contribution in [1.29, 1.82) is 0 Å². The van der Waals surface area contributed by atoms with E-state index in [4.69, 9.17) is 9.47 Å². The van der Waals surface area contributed by atoms with E-state index in [9.17, 15) is 4.79 Å². The first-order valence-corrected chi connectivity index (χ1v) is 10.1. The minimum atomic E-state index is 0.00397. The van der Waals surface area contributed by atoms with E-state index in [2.05, 4.69) is 20.8 Å². The van der Waals surface area contributed by atoms with E-state index in [0.29, 0.717) is 11.5 Å². The summed E-state index contributed by atoms with van der Waals surface area (Å²) in [6, 6.07) is 15.4. The highest BCUT2D eigenvalue weighted by Crippen LogP contribution is 2.34. The monoisotopic (exact) mass is 407 g/mol. The van der Waals surface area contributed by atoms with E-state index in [1.165, 1.54) is 4.90 Å². The molecular formula is C21H23N6O3+. The fourth-order valence-corrected chi connectivity index (χ4v) is 3.99. The molecule has 3 aromatic rings. The Hall–Kier alpha value is -3.46. The van der Waals surface area contributed by atoms with Crippen molar-refractivity contribution in [2.45, 2.75) is 19.4 Å². The number of benzene rings is 2. The van der Waals surface area contributed by atoms with Gasteiger partial charge in [0.25, 0.3) is 0 Å². The Morgan fingerprint density at radius 3 is 2.73 bits per heavy atom. The summed E-state index contributed by atoms with van der Waals surface area (Å²) in [7, 11) is 0. The summed E-state index contributed by atoms with van der Waals surface area (Å²) in [6.45, 7) is 2.77. The molecular weight excluding hydrogens is 384 g/mol. The zero-order chi connectivity index (χ0) is 20.3. The maximum Gasteiger partial charge on any atom is 0.231 e. The summed E-state index contributed by atoms with van der Waals surface area (Å²) in [6.07, 6.45) is 1.66. The van der Waals surface area contributed by atoms with E-state index in [1.54, 1.807) is 4.68 Å². The van der Waals surface area contributed by atoms with Gasteiger partial charge in [0, 0.05) is 30.5 Å². The van der Waals surface area contributed by atoms with Crippen LogP contribution in [0.4, 0.5) is 5.69 Å². The van der Waals surface area contributed by atoms with Crippen LogP contribution in [0, 0.1) is 5.92 Å². The number of para-hydroxylation sites is 1. The molecule has 2 aliphatic rings. The number of nitrogens with zero attached hydrogens (tertiary/aromatic N) is 4. The van der Waals surface area contributed by atoms with Crippen LogP contribution in [0.5, 0.6) is 11.5 Å². The van der Waals surface area contributed by atoms with Crippen molar-refractivity contribution in [3.63, 3.8) is 0 Å². The second kappa shape index (κ2) is 8.11. The average molecular weight is 407 g/mol. The minimum absolute atomic E-state index is 0.00397. The molecule has 0 radical (unpaired) electrons. The highest BCUT2D eigenvalue weighted by molar-refractivity contribution is 5.92. The molecule has 5 rings (SSSR count). The number of nitrogens with one attached hydrogen (secondary N) is 2. The van der Waals surface area contributed by atoms with Crippen LogP contribution in [0.15, 0.2) is 48.5 Å². The molecule has 1 fully saturated rings. The number of ether oxygens (including phenoxy) is 2. The Balaban J connectivity index is 1.16. The first-order valence-electron chi connectivity index (χ1n) is 10.1. The third kappa shape index (κ3) is 3.84. The van der Waals surface area contributed by atoms with E-state index < -0.39 is 0 Å². The zero-order valence-electron chi connectivity index (χ0n) is 16.5. The molecule has 1 saturated heterocycles. The molecule has 0 atom stereocenters. The number of quaternary nitrogens is 1. The fourth-order valence-electron chi connectivity index (χ4n) is 3.99. The summed E-state index contributed by atoms with van der Waals surface area (Å²) in [5.74, 6) is 2.27. The van der Waals surface area contributed by atoms with Gasteiger partial charge < -0.3 is 19.7 Å². The van der Waals surface area contributed by atoms with Crippen molar-refractivity contribution in [2.24, 2.45) is 5.92 Å². The molecule has 2 aliphatic heterocycles. The van der Waals surface area contributed by atoms with Gasteiger partial charge in [0.15, 0.2) is 11.5 Å². The normalized spacial score (nSPS) is 20.1. The van der Waals surface area contributed by atoms with Crippen molar-refractivity contribution < 1.29 is 19.2 Å². The van der Waals surface area contributed by atoms with Crippen LogP contribution in [-0.4, -0.2) is 46.0 Å². The summed E-state index contributed by atoms with van der Waals surface area (Å²) >= 11 is 0. The van der Waals surface area contributed by atoms with Crippen molar-refractivity contribution >= 4 is 11.6 Å². The molecule has 2 aromatic carbocycles. The number of anilines is 1. The largest absolute Gasteiger partial charge is 0.454 e. The third-order valence-electron chi connectivity index (χ3n) is 5.65. The average Bonchev–Trinajstić information content (AvgIpc) is 3.44. The molecule has 9 heteroatoms. The van der Waals surface area contributed by atoms with E-state index in [0.717, 1.165) is 49.7 Å². The van der Waals surface area contributed by atoms with Crippen LogP contribution >= 0.6 is 0 Å². The topological polar surface area (TPSA) is 95.6 Å². The number of tetrazole rings is 1. The lowest BCUT2D eigenvalue weighted by molar-refractivity contribution is -0.920. The molecule has 1 amide bonds. The van der Waals surface area contributed by atoms with Gasteiger partial charge in [-0.1, -0.05) is 18.2 Å². The molecule has 0 saturated carbocycles. The van der Waals surface area contributed by atoms with Crippen LogP contribution in [0.1, 0.15) is 18.7 Å². The van der Waals surface area contributed by atoms with E-state index in [-0.39, 0.29) is 18.6 Å². The number of hydrogen-bond donors (Lipinski definition) is 2. The Labute approximate surface area is 173 Å². The van der Waals surface area contributed by atoms with Crippen LogP contribution < -0.4 is 19.7 Å². The van der Waals surface area contributed by atoms with E-state index >= 15 is 0 Å². The summed E-state index contributed by atoms with van der Waals surface area (Å²) in [4.78, 5) is 14.1. The molecule has 2 N–H and O–H groups in total. The number of rotatable bonds is 5. The van der Waals surface area contributed by atoms with Gasteiger partial charge in [0.1, 0.15) is 6.54 Å². The molecule has 30 heavy (non-hydrogen) atoms. The van der Waals surface area contributed by atoms with Crippen molar-refractivity contribution in [3.8, 4) is 17.2 Å². The Kier molecular flexibility index (Phi) is 5.02. The molecule has 1 aromatic heterocycles. The second-order valence-corrected chi connectivity index (χ2v) is 7.60. The Morgan fingerprint density at radius 2 is 1.90 bits per heavy atom. The van der Waals surface area contributed by atoms with Gasteiger partial charge in [-0.3, -0.25) is 4.79 Å². The number of amides is 1. The number of hydrogen-bond acceptors (Lipinski definition) is 6. The van der Waals surface area contributed by atoms with Crippen LogP contribution in [0.2, 0.25) is 0 Å². The summed E-state index contributed by atoms with van der Waals surface area (Å²) < 4.78 is 12.5. The second-order valence-electron chi connectivity index (χ2n) is 7.60. The maximum absolute atomic E-state index is 12.7. The molecule has 154 valence electrons. The van der Waals surface area contributed by atoms with Gasteiger partial charge in [-0.25, -0.2) is 0 Å². The minimum Gasteiger partial charge on any atom is -0.454 e. The lowest BCUT2D eigenvalue weighted by Crippen LogP contribution is -3.12. The summed E-state index contributed by atoms with van der Waals surface area (Å²) in [5.41, 5.74) is 1.69. The lowest BCUT2D eigenvalue weighted by atomic mass is 9.95. The van der Waals surface area contributed by atoms with Gasteiger partial charge >= 0.3 is 0 Å². The van der Waals surface area contributed by atoms with Crippen molar-refractivity contribution in [3.05, 3.63) is 54.4 Å². The molecule has 3 heterocycles. The van der Waals surface area contributed by atoms with E-state index in [1.807, 2.05) is 48.5 Å². The SMILES string of the molecule is O=C(Nc1ccc2c(c1)OCO2)C1CC[NH+](Cc2nnnn2-c2ccccc2)CC1. The van der Waals surface area contributed by atoms with Gasteiger partial charge in [-0.2, -0.15) is 4.68 Å². The van der Waals surface area contributed by atoms with Crippen LogP contribution in [-0.2, 0) is 11.3 Å². The molecule has 9 nitrogen and oxygen atoms in total. The molecule has 0 unspecified atom stereocenters. The quantitative estimate of drug-likeness (QED) is 0.650. The number of aromatic nitrogens is 4. The molecule has 0 spiro atoms. The zero-order valence-corrected chi connectivity index (χ0v) is 16.5. The number of carbonyl (C=O) groups excluding carboxylic acids is 1. The highest BCUT2D eigenvalue weighted by atomic mass is 16.7. The standard InChI is InChI=1S/C21H22N6O3/c28-21(22-16-6-7-18-19(12-16)30-14-29-18)15-8-10-26(11-9-15)13-20-23-24-25-27(20)17-4-2-1-3-5-17/h1-7,12,15H,8-11,13-14H2,(H,22,28)/p+1. The smallest absolute Gasteiger partial charge is 0.231 e. The maximum atomic E-state index is 12.7. The Morgan fingerprint density at radius 1 is 1.10 bits per heavy atom. The Bertz CT molecular complexity index is 1030. The van der Waals surface area contributed by atoms with Crippen molar-refractivity contribution in [2.75, 3.05) is 25.2 Å². The highest BCUT2D eigenvalue weighted by Gasteiger charge is 2.29. The first-order chi connectivity index (χ1) is 14.8. The van der Waals surface area contributed by atoms with Crippen LogP contribution in [0.25, 0.3) is 5.69 Å². The van der Waals surface area contributed by atoms with Crippen molar-refractivity contribution in [1.82, 2.24) is 20.2 Å². The molecule has 0 aliphatic carbocycles. The van der Waals surface area contributed by atoms with Gasteiger partial charge in [-0.15, -0.1) is 5.10 Å². The van der Waals surface area contributed by atoms with Gasteiger partial charge in [-0.05, 0) is 34.7 Å². The number of fused-ring (bicyclic) bond motifs is 1. The van der Waals surface area contributed by atoms with Crippen LogP contribution in [0.3, 0.4) is 0 Å². The third-order valence-corrected chi connectivity index (χ3v) is 5.65. The number of carbonyl (C=O) groups is 1. The predicted molar refractivity (Wildman–Crippen MR) is 107 cm³/mol.